The molecule has 0 aliphatic rings. The number of aldehydes is 1. The lowest BCUT2D eigenvalue weighted by molar-refractivity contribution is -0.386. The zero-order chi connectivity index (χ0) is 15.1. The second-order valence-electron chi connectivity index (χ2n) is 3.78. The molecule has 20 heavy (non-hydrogen) atoms. The van der Waals surface area contributed by atoms with Gasteiger partial charge in [0.25, 0.3) is 5.91 Å². The first-order valence-electron chi connectivity index (χ1n) is 5.61. The summed E-state index contributed by atoms with van der Waals surface area (Å²) >= 11 is 0. The molecule has 1 amide bonds. The maximum absolute atomic E-state index is 11.6. The van der Waals surface area contributed by atoms with Gasteiger partial charge in [-0.2, -0.15) is 0 Å². The Bertz CT molecular complexity index is 577. The molecule has 0 saturated heterocycles. The van der Waals surface area contributed by atoms with Gasteiger partial charge in [-0.1, -0.05) is 5.92 Å². The van der Waals surface area contributed by atoms with Crippen molar-refractivity contribution in [1.82, 2.24) is 5.32 Å². The topological polar surface area (TPSA) is 98.5 Å². The highest BCUT2D eigenvalue weighted by atomic mass is 16.6. The summed E-state index contributed by atoms with van der Waals surface area (Å²) in [4.78, 5) is 32.4. The number of amides is 1. The average molecular weight is 276 g/mol. The van der Waals surface area contributed by atoms with E-state index in [1.165, 1.54) is 19.1 Å². The normalized spacial score (nSPS) is 11.0. The highest BCUT2D eigenvalue weighted by molar-refractivity contribution is 5.81. The van der Waals surface area contributed by atoms with E-state index >= 15 is 0 Å². The molecule has 0 spiro atoms. The number of nitro benzene ring substituents is 1. The van der Waals surface area contributed by atoms with E-state index in [9.17, 15) is 19.7 Å². The maximum Gasteiger partial charge on any atom is 0.310 e. The van der Waals surface area contributed by atoms with Gasteiger partial charge in [0.2, 0.25) is 0 Å². The molecule has 1 aromatic rings. The van der Waals surface area contributed by atoms with Gasteiger partial charge in [-0.3, -0.25) is 19.7 Å². The molecule has 7 nitrogen and oxygen atoms in total. The van der Waals surface area contributed by atoms with Crippen molar-refractivity contribution in [3.05, 3.63) is 33.9 Å². The van der Waals surface area contributed by atoms with Gasteiger partial charge in [0.15, 0.2) is 11.9 Å². The van der Waals surface area contributed by atoms with Crippen LogP contribution in [0.1, 0.15) is 17.3 Å². The fourth-order valence-electron chi connectivity index (χ4n) is 1.38. The number of hydrogen-bond donors (Lipinski definition) is 1. The van der Waals surface area contributed by atoms with Crippen LogP contribution in [-0.4, -0.2) is 29.8 Å². The van der Waals surface area contributed by atoms with Gasteiger partial charge in [0.05, 0.1) is 11.5 Å². The molecule has 7 heteroatoms. The number of hydrogen-bond acceptors (Lipinski definition) is 5. The summed E-state index contributed by atoms with van der Waals surface area (Å²) in [6, 6.07) is 3.64. The largest absolute Gasteiger partial charge is 0.474 e. The Labute approximate surface area is 115 Å². The Morgan fingerprint density at radius 3 is 2.90 bits per heavy atom. The fourth-order valence-corrected chi connectivity index (χ4v) is 1.38. The highest BCUT2D eigenvalue weighted by Gasteiger charge is 2.21. The van der Waals surface area contributed by atoms with Crippen LogP contribution in [0, 0.1) is 22.5 Å². The molecular formula is C13H12N2O5. The van der Waals surface area contributed by atoms with Crippen LogP contribution in [0.25, 0.3) is 0 Å². The van der Waals surface area contributed by atoms with E-state index in [0.717, 1.165) is 6.07 Å². The Morgan fingerprint density at radius 1 is 1.65 bits per heavy atom. The number of nitrogens with one attached hydrogen (secondary N) is 1. The summed E-state index contributed by atoms with van der Waals surface area (Å²) < 4.78 is 5.23. The van der Waals surface area contributed by atoms with Crippen LogP contribution in [0.4, 0.5) is 5.69 Å². The van der Waals surface area contributed by atoms with Crippen molar-refractivity contribution in [2.75, 3.05) is 6.54 Å². The Hall–Kier alpha value is -2.88. The molecule has 1 N–H and O–H groups in total. The van der Waals surface area contributed by atoms with E-state index in [4.69, 9.17) is 11.2 Å². The number of terminal acetylenes is 1. The molecule has 0 saturated carbocycles. The van der Waals surface area contributed by atoms with Crippen molar-refractivity contribution in [2.45, 2.75) is 13.0 Å². The van der Waals surface area contributed by atoms with E-state index in [2.05, 4.69) is 11.2 Å². The Kier molecular flexibility index (Phi) is 5.23. The quantitative estimate of drug-likeness (QED) is 0.360. The Balaban J connectivity index is 2.95. The average Bonchev–Trinajstić information content (AvgIpc) is 2.44. The molecule has 1 aromatic carbocycles. The van der Waals surface area contributed by atoms with Crippen LogP contribution >= 0.6 is 0 Å². The zero-order valence-corrected chi connectivity index (χ0v) is 10.7. The Morgan fingerprint density at radius 2 is 2.35 bits per heavy atom. The standard InChI is InChI=1S/C13H12N2O5/c1-3-6-14-13(17)9(2)20-12-7-10(8-16)4-5-11(12)15(18)19/h1,4-5,7-9H,6H2,2H3,(H,14,17). The summed E-state index contributed by atoms with van der Waals surface area (Å²) in [6.45, 7) is 1.45. The van der Waals surface area contributed by atoms with E-state index in [1.807, 2.05) is 0 Å². The zero-order valence-electron chi connectivity index (χ0n) is 10.7. The van der Waals surface area contributed by atoms with E-state index < -0.39 is 16.9 Å². The monoisotopic (exact) mass is 276 g/mol. The lowest BCUT2D eigenvalue weighted by atomic mass is 10.2. The summed E-state index contributed by atoms with van der Waals surface area (Å²) in [5.41, 5.74) is -0.117. The van der Waals surface area contributed by atoms with E-state index in [0.29, 0.717) is 6.29 Å². The molecule has 0 aliphatic heterocycles. The second kappa shape index (κ2) is 6.89. The SMILES string of the molecule is C#CCNC(=O)C(C)Oc1cc(C=O)ccc1[N+](=O)[O-]. The predicted octanol–water partition coefficient (Wildman–Crippen LogP) is 0.924. The molecular weight excluding hydrogens is 264 g/mol. The van der Waals surface area contributed by atoms with Crippen molar-refractivity contribution in [1.29, 1.82) is 0 Å². The van der Waals surface area contributed by atoms with E-state index in [1.54, 1.807) is 0 Å². The lowest BCUT2D eigenvalue weighted by Crippen LogP contribution is -2.36. The first-order valence-corrected chi connectivity index (χ1v) is 5.61. The first-order chi connectivity index (χ1) is 9.49. The van der Waals surface area contributed by atoms with Gasteiger partial charge in [0, 0.05) is 11.6 Å². The molecule has 1 unspecified atom stereocenters. The molecule has 0 aliphatic carbocycles. The molecule has 1 rings (SSSR count). The highest BCUT2D eigenvalue weighted by Crippen LogP contribution is 2.28. The summed E-state index contributed by atoms with van der Waals surface area (Å²) in [6.07, 6.45) is 4.54. The number of nitrogens with zero attached hydrogens (tertiary/aromatic N) is 1. The molecule has 0 bridgehead atoms. The summed E-state index contributed by atoms with van der Waals surface area (Å²) in [5, 5.41) is 13.2. The smallest absolute Gasteiger partial charge is 0.310 e. The molecule has 0 heterocycles. The minimum absolute atomic E-state index is 0.0308. The van der Waals surface area contributed by atoms with Crippen LogP contribution in [-0.2, 0) is 4.79 Å². The predicted molar refractivity (Wildman–Crippen MR) is 70.4 cm³/mol. The van der Waals surface area contributed by atoms with Crippen LogP contribution in [0.2, 0.25) is 0 Å². The summed E-state index contributed by atoms with van der Waals surface area (Å²) in [7, 11) is 0. The van der Waals surface area contributed by atoms with Gasteiger partial charge in [-0.25, -0.2) is 0 Å². The summed E-state index contributed by atoms with van der Waals surface area (Å²) in [5.74, 6) is 1.57. The first kappa shape index (κ1) is 15.2. The van der Waals surface area contributed by atoms with Crippen LogP contribution in [0.5, 0.6) is 5.75 Å². The third-order valence-electron chi connectivity index (χ3n) is 2.35. The van der Waals surface area contributed by atoms with Gasteiger partial charge in [0.1, 0.15) is 6.29 Å². The second-order valence-corrected chi connectivity index (χ2v) is 3.78. The molecule has 0 aromatic heterocycles. The van der Waals surface area contributed by atoms with Gasteiger partial charge in [-0.15, -0.1) is 6.42 Å². The van der Waals surface area contributed by atoms with Crippen molar-refractivity contribution in [2.24, 2.45) is 0 Å². The van der Waals surface area contributed by atoms with Crippen LogP contribution in [0.15, 0.2) is 18.2 Å². The third-order valence-corrected chi connectivity index (χ3v) is 2.35. The van der Waals surface area contributed by atoms with Crippen molar-refractivity contribution in [3.8, 4) is 18.1 Å². The lowest BCUT2D eigenvalue weighted by Gasteiger charge is -2.14. The fraction of sp³-hybridized carbons (Fsp3) is 0.231. The third kappa shape index (κ3) is 3.81. The van der Waals surface area contributed by atoms with Gasteiger partial charge < -0.3 is 10.1 Å². The van der Waals surface area contributed by atoms with Crippen molar-refractivity contribution >= 4 is 17.9 Å². The number of carbonyl (C=O) groups is 2. The number of rotatable bonds is 6. The van der Waals surface area contributed by atoms with Crippen LogP contribution in [0.3, 0.4) is 0 Å². The molecule has 0 fully saturated rings. The number of benzene rings is 1. The molecule has 104 valence electrons. The van der Waals surface area contributed by atoms with Crippen molar-refractivity contribution < 1.29 is 19.2 Å². The minimum Gasteiger partial charge on any atom is -0.474 e. The number of ether oxygens (including phenoxy) is 1. The van der Waals surface area contributed by atoms with Gasteiger partial charge in [-0.05, 0) is 19.1 Å². The maximum atomic E-state index is 11.6. The number of nitro groups is 1. The molecule has 1 atom stereocenters. The van der Waals surface area contributed by atoms with Crippen molar-refractivity contribution in [3.63, 3.8) is 0 Å². The number of carbonyl (C=O) groups excluding carboxylic acids is 2. The van der Waals surface area contributed by atoms with Crippen LogP contribution < -0.4 is 10.1 Å². The minimum atomic E-state index is -0.982. The van der Waals surface area contributed by atoms with E-state index in [-0.39, 0.29) is 23.5 Å². The molecule has 0 radical (unpaired) electrons. The van der Waals surface area contributed by atoms with Gasteiger partial charge >= 0.3 is 5.69 Å².